The number of benzene rings is 2. The van der Waals surface area contributed by atoms with Crippen LogP contribution >= 0.6 is 11.3 Å². The number of carbonyl (C=O) groups is 2. The van der Waals surface area contributed by atoms with Crippen LogP contribution in [0.2, 0.25) is 0 Å². The van der Waals surface area contributed by atoms with Crippen molar-refractivity contribution in [2.45, 2.75) is 25.2 Å². The summed E-state index contributed by atoms with van der Waals surface area (Å²) in [4.78, 5) is 28.3. The van der Waals surface area contributed by atoms with Crippen LogP contribution in [0.25, 0.3) is 11.3 Å². The van der Waals surface area contributed by atoms with Gasteiger partial charge in [-0.3, -0.25) is 9.59 Å². The monoisotopic (exact) mass is 395 g/mol. The number of hydrogen-bond acceptors (Lipinski definition) is 4. The second-order valence-corrected chi connectivity index (χ2v) is 7.67. The van der Waals surface area contributed by atoms with Gasteiger partial charge in [-0.25, -0.2) is 9.37 Å². The Hall–Kier alpha value is -3.06. The Labute approximate surface area is 165 Å². The summed E-state index contributed by atoms with van der Waals surface area (Å²) in [6, 6.07) is 14.1. The van der Waals surface area contributed by atoms with Crippen LogP contribution in [0.3, 0.4) is 0 Å². The van der Waals surface area contributed by atoms with Gasteiger partial charge in [-0.15, -0.1) is 11.3 Å². The van der Waals surface area contributed by atoms with E-state index in [9.17, 15) is 14.0 Å². The summed E-state index contributed by atoms with van der Waals surface area (Å²) < 4.78 is 14.4. The summed E-state index contributed by atoms with van der Waals surface area (Å²) in [6.07, 6.45) is 1.61. The first kappa shape index (κ1) is 18.3. The Morgan fingerprint density at radius 3 is 2.50 bits per heavy atom. The summed E-state index contributed by atoms with van der Waals surface area (Å²) in [6.45, 7) is 1.36. The van der Waals surface area contributed by atoms with E-state index in [-0.39, 0.29) is 11.8 Å². The van der Waals surface area contributed by atoms with Crippen LogP contribution in [0.4, 0.5) is 15.2 Å². The normalized spacial score (nSPS) is 14.4. The van der Waals surface area contributed by atoms with Gasteiger partial charge >= 0.3 is 0 Å². The molecule has 3 aromatic rings. The molecule has 1 saturated carbocycles. The molecule has 1 fully saturated rings. The number of nitrogens with one attached hydrogen (secondary N) is 2. The van der Waals surface area contributed by atoms with Crippen LogP contribution in [-0.2, 0) is 15.0 Å². The zero-order valence-corrected chi connectivity index (χ0v) is 16.0. The van der Waals surface area contributed by atoms with Crippen molar-refractivity contribution in [2.24, 2.45) is 0 Å². The van der Waals surface area contributed by atoms with Gasteiger partial charge in [0.2, 0.25) is 11.8 Å². The topological polar surface area (TPSA) is 71.1 Å². The highest BCUT2D eigenvalue weighted by molar-refractivity contribution is 7.14. The van der Waals surface area contributed by atoms with E-state index in [1.165, 1.54) is 24.3 Å². The molecule has 0 saturated heterocycles. The zero-order chi connectivity index (χ0) is 19.7. The van der Waals surface area contributed by atoms with Crippen LogP contribution in [-0.4, -0.2) is 16.8 Å². The summed E-state index contributed by atoms with van der Waals surface area (Å²) >= 11 is 1.26. The lowest BCUT2D eigenvalue weighted by molar-refractivity contribution is -0.118. The quantitative estimate of drug-likeness (QED) is 0.664. The summed E-state index contributed by atoms with van der Waals surface area (Å²) in [5.41, 5.74) is 1.66. The lowest BCUT2D eigenvalue weighted by Gasteiger charge is -2.14. The number of rotatable bonds is 5. The fourth-order valence-corrected chi connectivity index (χ4v) is 3.91. The number of thiazole rings is 1. The number of anilines is 2. The molecule has 7 heteroatoms. The predicted molar refractivity (Wildman–Crippen MR) is 108 cm³/mol. The first-order valence-corrected chi connectivity index (χ1v) is 9.76. The SMILES string of the molecule is CC(=O)Nc1ccc(-c2csc(NC(=O)C3(c4ccccc4)CC3)n2)c(F)c1. The predicted octanol–water partition coefficient (Wildman–Crippen LogP) is 4.58. The van der Waals surface area contributed by atoms with Crippen molar-refractivity contribution in [1.29, 1.82) is 0 Å². The number of amides is 2. The number of halogens is 1. The average Bonchev–Trinajstić information content (AvgIpc) is 3.37. The average molecular weight is 395 g/mol. The standard InChI is InChI=1S/C21H18FN3O2S/c1-13(26)23-15-7-8-16(17(22)11-15)18-12-28-20(24-18)25-19(27)21(9-10-21)14-5-3-2-4-6-14/h2-8,11-12H,9-10H2,1H3,(H,23,26)(H,24,25,27). The molecule has 0 atom stereocenters. The molecule has 0 radical (unpaired) electrons. The third kappa shape index (κ3) is 3.53. The maximum absolute atomic E-state index is 14.4. The molecule has 2 N–H and O–H groups in total. The number of carbonyl (C=O) groups excluding carboxylic acids is 2. The Kier molecular flexibility index (Phi) is 4.68. The molecule has 4 rings (SSSR count). The molecule has 5 nitrogen and oxygen atoms in total. The molecule has 2 amide bonds. The van der Waals surface area contributed by atoms with E-state index in [4.69, 9.17) is 0 Å². The van der Waals surface area contributed by atoms with Gasteiger partial charge in [-0.2, -0.15) is 0 Å². The lowest BCUT2D eigenvalue weighted by atomic mass is 9.95. The first-order chi connectivity index (χ1) is 13.5. The Balaban J connectivity index is 1.51. The van der Waals surface area contributed by atoms with Crippen LogP contribution < -0.4 is 10.6 Å². The molecule has 0 unspecified atom stereocenters. The van der Waals surface area contributed by atoms with Gasteiger partial charge in [-0.1, -0.05) is 30.3 Å². The minimum atomic E-state index is -0.489. The second kappa shape index (κ2) is 7.16. The number of hydrogen-bond donors (Lipinski definition) is 2. The highest BCUT2D eigenvalue weighted by Crippen LogP contribution is 2.49. The van der Waals surface area contributed by atoms with E-state index in [0.29, 0.717) is 22.1 Å². The van der Waals surface area contributed by atoms with Crippen LogP contribution in [0.5, 0.6) is 0 Å². The van der Waals surface area contributed by atoms with E-state index in [1.54, 1.807) is 17.5 Å². The smallest absolute Gasteiger partial charge is 0.236 e. The van der Waals surface area contributed by atoms with E-state index in [1.807, 2.05) is 30.3 Å². The highest BCUT2D eigenvalue weighted by atomic mass is 32.1. The molecule has 2 aromatic carbocycles. The largest absolute Gasteiger partial charge is 0.326 e. The third-order valence-corrected chi connectivity index (χ3v) is 5.56. The van der Waals surface area contributed by atoms with Crippen molar-refractivity contribution < 1.29 is 14.0 Å². The summed E-state index contributed by atoms with van der Waals surface area (Å²) in [7, 11) is 0. The third-order valence-electron chi connectivity index (χ3n) is 4.80. The minimum Gasteiger partial charge on any atom is -0.326 e. The first-order valence-electron chi connectivity index (χ1n) is 8.88. The molecule has 1 aliphatic carbocycles. The van der Waals surface area contributed by atoms with E-state index >= 15 is 0 Å². The highest BCUT2D eigenvalue weighted by Gasteiger charge is 2.51. The van der Waals surface area contributed by atoms with Crippen molar-refractivity contribution in [3.05, 3.63) is 65.3 Å². The van der Waals surface area contributed by atoms with Gasteiger partial charge in [0, 0.05) is 23.6 Å². The zero-order valence-electron chi connectivity index (χ0n) is 15.2. The molecule has 1 aliphatic rings. The second-order valence-electron chi connectivity index (χ2n) is 6.82. The lowest BCUT2D eigenvalue weighted by Crippen LogP contribution is -2.27. The molecule has 28 heavy (non-hydrogen) atoms. The van der Waals surface area contributed by atoms with Gasteiger partial charge in [0.15, 0.2) is 5.13 Å². The van der Waals surface area contributed by atoms with Gasteiger partial charge in [0.25, 0.3) is 0 Å². The van der Waals surface area contributed by atoms with Gasteiger partial charge in [0.05, 0.1) is 11.1 Å². The Bertz CT molecular complexity index is 1040. The summed E-state index contributed by atoms with van der Waals surface area (Å²) in [5, 5.41) is 7.56. The van der Waals surface area contributed by atoms with Gasteiger partial charge < -0.3 is 10.6 Å². The molecule has 142 valence electrons. The van der Waals surface area contributed by atoms with E-state index < -0.39 is 11.2 Å². The molecule has 0 bridgehead atoms. The molecular formula is C21H18FN3O2S. The Morgan fingerprint density at radius 1 is 1.11 bits per heavy atom. The fraction of sp³-hybridized carbons (Fsp3) is 0.190. The molecule has 0 aliphatic heterocycles. The van der Waals surface area contributed by atoms with Crippen molar-refractivity contribution >= 4 is 34.0 Å². The van der Waals surface area contributed by atoms with Crippen molar-refractivity contribution in [1.82, 2.24) is 4.98 Å². The van der Waals surface area contributed by atoms with E-state index in [0.717, 1.165) is 18.4 Å². The fourth-order valence-electron chi connectivity index (χ4n) is 3.20. The molecule has 1 aromatic heterocycles. The minimum absolute atomic E-state index is 0.0823. The number of nitrogens with zero attached hydrogens (tertiary/aromatic N) is 1. The number of aromatic nitrogens is 1. The van der Waals surface area contributed by atoms with Crippen molar-refractivity contribution in [3.63, 3.8) is 0 Å². The molecule has 0 spiro atoms. The van der Waals surface area contributed by atoms with Crippen molar-refractivity contribution in [2.75, 3.05) is 10.6 Å². The van der Waals surface area contributed by atoms with Crippen LogP contribution in [0.15, 0.2) is 53.9 Å². The molecular weight excluding hydrogens is 377 g/mol. The van der Waals surface area contributed by atoms with Crippen molar-refractivity contribution in [3.8, 4) is 11.3 Å². The van der Waals surface area contributed by atoms with Crippen LogP contribution in [0.1, 0.15) is 25.3 Å². The maximum Gasteiger partial charge on any atom is 0.236 e. The Morgan fingerprint density at radius 2 is 1.86 bits per heavy atom. The van der Waals surface area contributed by atoms with Gasteiger partial charge in [-0.05, 0) is 36.6 Å². The maximum atomic E-state index is 14.4. The van der Waals surface area contributed by atoms with Gasteiger partial charge in [0.1, 0.15) is 5.82 Å². The molecule has 1 heterocycles. The van der Waals surface area contributed by atoms with E-state index in [2.05, 4.69) is 15.6 Å². The van der Waals surface area contributed by atoms with Crippen LogP contribution in [0, 0.1) is 5.82 Å². The summed E-state index contributed by atoms with van der Waals surface area (Å²) in [5.74, 6) is -0.836.